The minimum absolute atomic E-state index is 0.0693. The number of aryl methyl sites for hydroxylation is 2. The molecule has 1 fully saturated rings. The van der Waals surface area contributed by atoms with Gasteiger partial charge in [-0.1, -0.05) is 6.92 Å². The number of allylic oxidation sites excluding steroid dienone is 1. The molecule has 3 heterocycles. The van der Waals surface area contributed by atoms with Crippen LogP contribution in [0.1, 0.15) is 56.7 Å². The lowest BCUT2D eigenvalue weighted by molar-refractivity contribution is -0.117. The van der Waals surface area contributed by atoms with E-state index in [1.165, 1.54) is 42.7 Å². The molecule has 0 aliphatic carbocycles. The van der Waals surface area contributed by atoms with Crippen LogP contribution in [-0.2, 0) is 22.4 Å². The van der Waals surface area contributed by atoms with Gasteiger partial charge in [-0.25, -0.2) is 0 Å². The Labute approximate surface area is 155 Å². The van der Waals surface area contributed by atoms with Crippen molar-refractivity contribution in [2.75, 3.05) is 18.0 Å². The fourth-order valence-corrected chi connectivity index (χ4v) is 4.41. The maximum atomic E-state index is 12.8. The van der Waals surface area contributed by atoms with E-state index in [2.05, 4.69) is 22.0 Å². The summed E-state index contributed by atoms with van der Waals surface area (Å²) in [6.45, 7) is 8.39. The van der Waals surface area contributed by atoms with Crippen LogP contribution in [0, 0.1) is 5.92 Å². The first-order valence-corrected chi connectivity index (χ1v) is 9.99. The van der Waals surface area contributed by atoms with Crippen molar-refractivity contribution < 1.29 is 9.53 Å². The maximum absolute atomic E-state index is 12.8. The van der Waals surface area contributed by atoms with Gasteiger partial charge in [-0.15, -0.1) is 0 Å². The van der Waals surface area contributed by atoms with Crippen molar-refractivity contribution in [1.29, 1.82) is 0 Å². The molecule has 4 rings (SSSR count). The van der Waals surface area contributed by atoms with Gasteiger partial charge in [-0.3, -0.25) is 9.79 Å². The molecule has 1 saturated heterocycles. The molecule has 0 spiro atoms. The Bertz CT molecular complexity index is 760. The summed E-state index contributed by atoms with van der Waals surface area (Å²) in [5.74, 6) is 0.881. The number of hydrogen-bond donors (Lipinski definition) is 0. The van der Waals surface area contributed by atoms with E-state index in [1.54, 1.807) is 0 Å². The molecule has 0 saturated carbocycles. The molecule has 4 heteroatoms. The summed E-state index contributed by atoms with van der Waals surface area (Å²) in [5.41, 5.74) is 5.39. The fourth-order valence-electron chi connectivity index (χ4n) is 4.41. The number of rotatable bonds is 3. The first-order valence-electron chi connectivity index (χ1n) is 9.99. The maximum Gasteiger partial charge on any atom is 0.210 e. The Morgan fingerprint density at radius 2 is 1.88 bits per heavy atom. The van der Waals surface area contributed by atoms with Gasteiger partial charge in [0.2, 0.25) is 11.7 Å². The van der Waals surface area contributed by atoms with Crippen molar-refractivity contribution in [3.63, 3.8) is 0 Å². The quantitative estimate of drug-likeness (QED) is 0.767. The number of anilines is 1. The average Bonchev–Trinajstić information content (AvgIpc) is 2.89. The number of aliphatic imine (C=N–C) groups is 1. The molecule has 4 nitrogen and oxygen atoms in total. The largest absolute Gasteiger partial charge is 0.439 e. The highest BCUT2D eigenvalue weighted by molar-refractivity contribution is 6.16. The Hall–Kier alpha value is -2.10. The predicted octanol–water partition coefficient (Wildman–Crippen LogP) is 4.16. The van der Waals surface area contributed by atoms with Crippen LogP contribution < -0.4 is 4.90 Å². The lowest BCUT2D eigenvalue weighted by Crippen LogP contribution is -2.34. The topological polar surface area (TPSA) is 41.9 Å². The number of Topliss-reactive ketones (excluding diaryl/α,β-unsaturated/α-hetero) is 1. The number of carbonyl (C=O) groups is 1. The Morgan fingerprint density at radius 3 is 2.46 bits per heavy atom. The second kappa shape index (κ2) is 6.90. The number of ketones is 1. The lowest BCUT2D eigenvalue weighted by atomic mass is 9.90. The second-order valence-electron chi connectivity index (χ2n) is 7.88. The Morgan fingerprint density at radius 1 is 1.23 bits per heavy atom. The number of carbonyl (C=O) groups excluding carboxylic acids is 1. The first kappa shape index (κ1) is 17.3. The van der Waals surface area contributed by atoms with E-state index in [1.807, 2.05) is 26.8 Å². The van der Waals surface area contributed by atoms with Crippen LogP contribution in [0.4, 0.5) is 5.69 Å². The SMILES string of the molecule is CCC1C(=O)C(=Cc2cc3c4c(c2)CCCN4CCC3)OC1=NC(C)C. The van der Waals surface area contributed by atoms with Crippen LogP contribution in [0.15, 0.2) is 22.9 Å². The number of nitrogens with zero attached hydrogens (tertiary/aromatic N) is 2. The van der Waals surface area contributed by atoms with Crippen molar-refractivity contribution in [1.82, 2.24) is 0 Å². The van der Waals surface area contributed by atoms with Gasteiger partial charge in [0.05, 0.1) is 0 Å². The Balaban J connectivity index is 1.70. The van der Waals surface area contributed by atoms with Crippen LogP contribution in [0.5, 0.6) is 0 Å². The van der Waals surface area contributed by atoms with Crippen molar-refractivity contribution in [3.05, 3.63) is 34.6 Å². The molecule has 1 aromatic rings. The normalized spacial score (nSPS) is 25.2. The highest BCUT2D eigenvalue weighted by Gasteiger charge is 2.37. The summed E-state index contributed by atoms with van der Waals surface area (Å²) in [4.78, 5) is 19.8. The molecule has 0 N–H and O–H groups in total. The highest BCUT2D eigenvalue weighted by atomic mass is 16.5. The predicted molar refractivity (Wildman–Crippen MR) is 106 cm³/mol. The second-order valence-corrected chi connectivity index (χ2v) is 7.88. The molecule has 3 aliphatic rings. The summed E-state index contributed by atoms with van der Waals surface area (Å²) in [5, 5.41) is 0. The minimum Gasteiger partial charge on any atom is -0.439 e. The van der Waals surface area contributed by atoms with Crippen molar-refractivity contribution >= 4 is 23.4 Å². The van der Waals surface area contributed by atoms with Gasteiger partial charge in [0.1, 0.15) is 5.92 Å². The highest BCUT2D eigenvalue weighted by Crippen LogP contribution is 2.37. The molecule has 138 valence electrons. The van der Waals surface area contributed by atoms with Crippen LogP contribution in [-0.4, -0.2) is 30.8 Å². The lowest BCUT2D eigenvalue weighted by Gasteiger charge is -2.37. The van der Waals surface area contributed by atoms with E-state index >= 15 is 0 Å². The van der Waals surface area contributed by atoms with Crippen molar-refractivity contribution in [2.45, 2.75) is 58.9 Å². The number of ether oxygens (including phenoxy) is 1. The van der Waals surface area contributed by atoms with Crippen LogP contribution >= 0.6 is 0 Å². The molecule has 1 atom stereocenters. The molecular weight excluding hydrogens is 324 g/mol. The molecule has 0 aromatic heterocycles. The summed E-state index contributed by atoms with van der Waals surface area (Å²) < 4.78 is 5.90. The summed E-state index contributed by atoms with van der Waals surface area (Å²) in [6.07, 6.45) is 7.34. The minimum atomic E-state index is -0.227. The van der Waals surface area contributed by atoms with Crippen molar-refractivity contribution in [3.8, 4) is 0 Å². The van der Waals surface area contributed by atoms with Gasteiger partial charge in [0.15, 0.2) is 5.76 Å². The molecule has 0 radical (unpaired) electrons. The molecular formula is C22H28N2O2. The summed E-state index contributed by atoms with van der Waals surface area (Å²) in [6, 6.07) is 4.63. The first-order chi connectivity index (χ1) is 12.6. The molecule has 3 aliphatic heterocycles. The standard InChI is InChI=1S/C22H28N2O2/c1-4-18-21(25)19(26-22(18)23-14(2)3)13-15-11-16-7-5-9-24-10-6-8-17(12-15)20(16)24/h11-14,18H,4-10H2,1-3H3. The molecule has 0 bridgehead atoms. The summed E-state index contributed by atoms with van der Waals surface area (Å²) >= 11 is 0. The van der Waals surface area contributed by atoms with Crippen LogP contribution in [0.2, 0.25) is 0 Å². The Kier molecular flexibility index (Phi) is 4.60. The van der Waals surface area contributed by atoms with E-state index in [0.717, 1.165) is 24.8 Å². The summed E-state index contributed by atoms with van der Waals surface area (Å²) in [7, 11) is 0. The number of benzene rings is 1. The van der Waals surface area contributed by atoms with Gasteiger partial charge < -0.3 is 9.64 Å². The molecule has 1 aromatic carbocycles. The van der Waals surface area contributed by atoms with Gasteiger partial charge in [-0.05, 0) is 80.9 Å². The van der Waals surface area contributed by atoms with Gasteiger partial charge >= 0.3 is 0 Å². The smallest absolute Gasteiger partial charge is 0.210 e. The van der Waals surface area contributed by atoms with E-state index < -0.39 is 0 Å². The van der Waals surface area contributed by atoms with Crippen LogP contribution in [0.25, 0.3) is 6.08 Å². The van der Waals surface area contributed by atoms with Gasteiger partial charge in [-0.2, -0.15) is 0 Å². The van der Waals surface area contributed by atoms with Gasteiger partial charge in [0.25, 0.3) is 0 Å². The van der Waals surface area contributed by atoms with Crippen molar-refractivity contribution in [2.24, 2.45) is 10.9 Å². The van der Waals surface area contributed by atoms with E-state index in [9.17, 15) is 4.79 Å². The van der Waals surface area contributed by atoms with E-state index in [0.29, 0.717) is 11.7 Å². The molecule has 0 amide bonds. The monoisotopic (exact) mass is 352 g/mol. The average molecular weight is 352 g/mol. The molecule has 1 unspecified atom stereocenters. The molecule has 26 heavy (non-hydrogen) atoms. The zero-order valence-electron chi connectivity index (χ0n) is 16.0. The third-order valence-corrected chi connectivity index (χ3v) is 5.52. The number of hydrogen-bond acceptors (Lipinski definition) is 4. The zero-order chi connectivity index (χ0) is 18.3. The van der Waals surface area contributed by atoms with Crippen LogP contribution in [0.3, 0.4) is 0 Å². The van der Waals surface area contributed by atoms with Gasteiger partial charge in [0, 0.05) is 24.8 Å². The van der Waals surface area contributed by atoms with E-state index in [-0.39, 0.29) is 17.7 Å². The van der Waals surface area contributed by atoms with E-state index in [4.69, 9.17) is 4.74 Å². The third-order valence-electron chi connectivity index (χ3n) is 5.52. The fraction of sp³-hybridized carbons (Fsp3) is 0.545. The third kappa shape index (κ3) is 3.06. The zero-order valence-corrected chi connectivity index (χ0v) is 16.0.